The number of nitrogens with one attached hydrogen (secondary N) is 1. The van der Waals surface area contributed by atoms with Crippen LogP contribution < -0.4 is 5.32 Å². The summed E-state index contributed by atoms with van der Waals surface area (Å²) in [6, 6.07) is 8.74. The molecule has 0 aliphatic heterocycles. The minimum absolute atomic E-state index is 0.108. The predicted molar refractivity (Wildman–Crippen MR) is 79.3 cm³/mol. The summed E-state index contributed by atoms with van der Waals surface area (Å²) in [5, 5.41) is 3.51. The molecule has 1 heterocycles. The molecule has 1 aromatic carbocycles. The van der Waals surface area contributed by atoms with Crippen molar-refractivity contribution in [1.29, 1.82) is 0 Å². The smallest absolute Gasteiger partial charge is 0.252 e. The Bertz CT molecular complexity index is 589. The van der Waals surface area contributed by atoms with E-state index in [-0.39, 0.29) is 11.9 Å². The van der Waals surface area contributed by atoms with E-state index in [4.69, 9.17) is 11.6 Å². The molecule has 0 aliphatic carbocycles. The number of benzene rings is 1. The molecule has 0 spiro atoms. The van der Waals surface area contributed by atoms with Crippen molar-refractivity contribution in [2.75, 3.05) is 0 Å². The van der Waals surface area contributed by atoms with Crippen LogP contribution in [0.4, 0.5) is 0 Å². The van der Waals surface area contributed by atoms with Crippen LogP contribution in [0.5, 0.6) is 0 Å². The van der Waals surface area contributed by atoms with Crippen LogP contribution in [-0.2, 0) is 0 Å². The number of hydrogen-bond acceptors (Lipinski definition) is 2. The molecule has 3 nitrogen and oxygen atoms in total. The first-order valence-corrected chi connectivity index (χ1v) is 6.91. The number of halogens is 2. The van der Waals surface area contributed by atoms with Gasteiger partial charge in [-0.1, -0.05) is 17.7 Å². The molecule has 0 fully saturated rings. The van der Waals surface area contributed by atoms with Gasteiger partial charge in [-0.3, -0.25) is 9.78 Å². The topological polar surface area (TPSA) is 42.0 Å². The largest absolute Gasteiger partial charge is 0.345 e. The van der Waals surface area contributed by atoms with Crippen molar-refractivity contribution >= 4 is 33.4 Å². The zero-order chi connectivity index (χ0) is 13.8. The van der Waals surface area contributed by atoms with E-state index in [0.717, 1.165) is 5.56 Å². The van der Waals surface area contributed by atoms with E-state index < -0.39 is 0 Å². The Labute approximate surface area is 125 Å². The second-order valence-electron chi connectivity index (χ2n) is 4.11. The molecule has 0 bridgehead atoms. The molecule has 0 unspecified atom stereocenters. The van der Waals surface area contributed by atoms with E-state index in [0.29, 0.717) is 15.1 Å². The molecule has 1 aromatic heterocycles. The van der Waals surface area contributed by atoms with Crippen LogP contribution in [0.25, 0.3) is 0 Å². The summed E-state index contributed by atoms with van der Waals surface area (Å²) < 4.78 is 0.677. The summed E-state index contributed by atoms with van der Waals surface area (Å²) in [7, 11) is 0. The van der Waals surface area contributed by atoms with E-state index in [1.807, 2.05) is 19.1 Å². The fraction of sp³-hybridized carbons (Fsp3) is 0.143. The molecule has 1 atom stereocenters. The molecule has 0 aliphatic rings. The van der Waals surface area contributed by atoms with Gasteiger partial charge >= 0.3 is 0 Å². The van der Waals surface area contributed by atoms with Crippen molar-refractivity contribution in [2.45, 2.75) is 13.0 Å². The van der Waals surface area contributed by atoms with E-state index >= 15 is 0 Å². The summed E-state index contributed by atoms with van der Waals surface area (Å²) >= 11 is 9.19. The van der Waals surface area contributed by atoms with Crippen molar-refractivity contribution in [3.8, 4) is 0 Å². The van der Waals surface area contributed by atoms with Gasteiger partial charge in [0.25, 0.3) is 5.91 Å². The summed E-state index contributed by atoms with van der Waals surface area (Å²) in [5.41, 5.74) is 1.51. The number of pyridine rings is 1. The highest BCUT2D eigenvalue weighted by molar-refractivity contribution is 9.10. The number of nitrogens with zero attached hydrogens (tertiary/aromatic N) is 1. The Hall–Kier alpha value is -1.39. The summed E-state index contributed by atoms with van der Waals surface area (Å²) in [6.07, 6.45) is 3.44. The van der Waals surface area contributed by atoms with Gasteiger partial charge in [-0.15, -0.1) is 0 Å². The molecule has 0 saturated heterocycles. The van der Waals surface area contributed by atoms with Crippen LogP contribution in [0.2, 0.25) is 5.02 Å². The Morgan fingerprint density at radius 3 is 2.84 bits per heavy atom. The molecular formula is C14H12BrClN2O. The first-order chi connectivity index (χ1) is 9.08. The van der Waals surface area contributed by atoms with Gasteiger partial charge in [0.05, 0.1) is 11.6 Å². The van der Waals surface area contributed by atoms with Crippen molar-refractivity contribution < 1.29 is 4.79 Å². The number of aromatic nitrogens is 1. The van der Waals surface area contributed by atoms with Gasteiger partial charge in [-0.05, 0) is 52.7 Å². The standard InChI is InChI=1S/C14H12BrClN2O/c1-9(10-3-2-6-17-8-10)18-14(19)12-5-4-11(16)7-13(12)15/h2-9H,1H3,(H,18,19)/t9-/m1/s1. The van der Waals surface area contributed by atoms with Gasteiger partial charge in [-0.2, -0.15) is 0 Å². The predicted octanol–water partition coefficient (Wildman–Crippen LogP) is 3.99. The number of carbonyl (C=O) groups is 1. The van der Waals surface area contributed by atoms with Crippen LogP contribution in [0, 0.1) is 0 Å². The fourth-order valence-corrected chi connectivity index (χ4v) is 2.53. The lowest BCUT2D eigenvalue weighted by molar-refractivity contribution is 0.0939. The first kappa shape index (κ1) is 14.0. The Balaban J connectivity index is 2.13. The molecule has 1 N–H and O–H groups in total. The fourth-order valence-electron chi connectivity index (χ4n) is 1.66. The molecular weight excluding hydrogens is 328 g/mol. The van der Waals surface area contributed by atoms with Crippen molar-refractivity contribution in [3.05, 3.63) is 63.3 Å². The van der Waals surface area contributed by atoms with Gasteiger partial charge in [0, 0.05) is 21.9 Å². The van der Waals surface area contributed by atoms with Crippen molar-refractivity contribution in [3.63, 3.8) is 0 Å². The molecule has 0 radical (unpaired) electrons. The third kappa shape index (κ3) is 3.55. The van der Waals surface area contributed by atoms with Crippen LogP contribution in [0.15, 0.2) is 47.2 Å². The number of rotatable bonds is 3. The van der Waals surface area contributed by atoms with Crippen LogP contribution in [0.1, 0.15) is 28.9 Å². The maximum absolute atomic E-state index is 12.2. The summed E-state index contributed by atoms with van der Waals surface area (Å²) in [5.74, 6) is -0.153. The maximum Gasteiger partial charge on any atom is 0.252 e. The minimum Gasteiger partial charge on any atom is -0.345 e. The van der Waals surface area contributed by atoms with Crippen molar-refractivity contribution in [2.24, 2.45) is 0 Å². The summed E-state index contributed by atoms with van der Waals surface area (Å²) in [4.78, 5) is 16.2. The minimum atomic E-state index is -0.153. The lowest BCUT2D eigenvalue weighted by Crippen LogP contribution is -2.27. The van der Waals surface area contributed by atoms with Gasteiger partial charge in [0.2, 0.25) is 0 Å². The zero-order valence-electron chi connectivity index (χ0n) is 10.2. The molecule has 19 heavy (non-hydrogen) atoms. The molecule has 98 valence electrons. The summed E-state index contributed by atoms with van der Waals surface area (Å²) in [6.45, 7) is 1.92. The number of carbonyl (C=O) groups excluding carboxylic acids is 1. The van der Waals surface area contributed by atoms with E-state index in [2.05, 4.69) is 26.2 Å². The normalized spacial score (nSPS) is 11.9. The third-order valence-electron chi connectivity index (χ3n) is 2.71. The molecule has 2 aromatic rings. The van der Waals surface area contributed by atoms with Crippen LogP contribution >= 0.6 is 27.5 Å². The van der Waals surface area contributed by atoms with Gasteiger partial charge in [0.1, 0.15) is 0 Å². The Kier molecular flexibility index (Phi) is 4.56. The van der Waals surface area contributed by atoms with Gasteiger partial charge < -0.3 is 5.32 Å². The van der Waals surface area contributed by atoms with Crippen LogP contribution in [-0.4, -0.2) is 10.9 Å². The molecule has 0 saturated carbocycles. The molecule has 5 heteroatoms. The monoisotopic (exact) mass is 338 g/mol. The zero-order valence-corrected chi connectivity index (χ0v) is 12.6. The molecule has 2 rings (SSSR count). The SMILES string of the molecule is C[C@@H](NC(=O)c1ccc(Cl)cc1Br)c1cccnc1. The quantitative estimate of drug-likeness (QED) is 0.918. The maximum atomic E-state index is 12.2. The first-order valence-electron chi connectivity index (χ1n) is 5.74. The second kappa shape index (κ2) is 6.17. The average molecular weight is 340 g/mol. The van der Waals surface area contributed by atoms with E-state index in [1.165, 1.54) is 0 Å². The van der Waals surface area contributed by atoms with Crippen molar-refractivity contribution in [1.82, 2.24) is 10.3 Å². The van der Waals surface area contributed by atoms with E-state index in [9.17, 15) is 4.79 Å². The van der Waals surface area contributed by atoms with Gasteiger partial charge in [-0.25, -0.2) is 0 Å². The highest BCUT2D eigenvalue weighted by atomic mass is 79.9. The average Bonchev–Trinajstić information content (AvgIpc) is 2.39. The lowest BCUT2D eigenvalue weighted by Gasteiger charge is -2.14. The number of amides is 1. The number of hydrogen-bond donors (Lipinski definition) is 1. The molecule has 1 amide bonds. The van der Waals surface area contributed by atoms with Crippen LogP contribution in [0.3, 0.4) is 0 Å². The highest BCUT2D eigenvalue weighted by Gasteiger charge is 2.14. The van der Waals surface area contributed by atoms with Gasteiger partial charge in [0.15, 0.2) is 0 Å². The van der Waals surface area contributed by atoms with E-state index in [1.54, 1.807) is 30.6 Å². The second-order valence-corrected chi connectivity index (χ2v) is 5.40. The Morgan fingerprint density at radius 1 is 1.42 bits per heavy atom. The lowest BCUT2D eigenvalue weighted by atomic mass is 10.1. The highest BCUT2D eigenvalue weighted by Crippen LogP contribution is 2.22. The Morgan fingerprint density at radius 2 is 2.21 bits per heavy atom. The third-order valence-corrected chi connectivity index (χ3v) is 3.60.